The Labute approximate surface area is 159 Å². The highest BCUT2D eigenvalue weighted by Crippen LogP contribution is 2.20. The molecule has 27 heavy (non-hydrogen) atoms. The van der Waals surface area contributed by atoms with Crippen LogP contribution in [0.3, 0.4) is 0 Å². The van der Waals surface area contributed by atoms with E-state index in [9.17, 15) is 4.79 Å². The van der Waals surface area contributed by atoms with Crippen LogP contribution >= 0.6 is 0 Å². The monoisotopic (exact) mass is 360 g/mol. The molecule has 1 aromatic carbocycles. The molecule has 1 aliphatic heterocycles. The molecule has 1 N–H and O–H groups in total. The summed E-state index contributed by atoms with van der Waals surface area (Å²) in [6, 6.07) is 18.8. The van der Waals surface area contributed by atoms with E-state index in [4.69, 9.17) is 0 Å². The predicted octanol–water partition coefficient (Wildman–Crippen LogP) is 2.63. The maximum absolute atomic E-state index is 12.4. The summed E-state index contributed by atoms with van der Waals surface area (Å²) >= 11 is 0. The minimum atomic E-state index is 0.0426. The summed E-state index contributed by atoms with van der Waals surface area (Å²) in [7, 11) is 0. The zero-order valence-corrected chi connectivity index (χ0v) is 15.3. The number of amides is 1. The van der Waals surface area contributed by atoms with Crippen molar-refractivity contribution in [3.63, 3.8) is 0 Å². The van der Waals surface area contributed by atoms with E-state index in [1.165, 1.54) is 11.3 Å². The Morgan fingerprint density at radius 3 is 2.74 bits per heavy atom. The molecule has 0 saturated carbocycles. The lowest BCUT2D eigenvalue weighted by Gasteiger charge is -2.37. The van der Waals surface area contributed by atoms with Gasteiger partial charge in [0.25, 0.3) is 0 Å². The molecule has 1 atom stereocenters. The van der Waals surface area contributed by atoms with Gasteiger partial charge in [0.2, 0.25) is 5.91 Å². The molecule has 2 aromatic heterocycles. The van der Waals surface area contributed by atoms with E-state index < -0.39 is 0 Å². The molecular formula is C22H24N4O. The average molecular weight is 360 g/mol. The summed E-state index contributed by atoms with van der Waals surface area (Å²) in [5.74, 6) is 0.0426. The number of carbonyl (C=O) groups is 1. The Hall–Kier alpha value is -2.92. The molecule has 0 fully saturated rings. The summed E-state index contributed by atoms with van der Waals surface area (Å²) in [6.45, 7) is 3.31. The van der Waals surface area contributed by atoms with Crippen molar-refractivity contribution in [2.75, 3.05) is 6.54 Å². The molecule has 3 aromatic rings. The van der Waals surface area contributed by atoms with Crippen LogP contribution in [0.15, 0.2) is 73.2 Å². The van der Waals surface area contributed by atoms with E-state index in [1.807, 2.05) is 18.2 Å². The number of nitrogens with one attached hydrogen (secondary N) is 1. The quantitative estimate of drug-likeness (QED) is 0.735. The van der Waals surface area contributed by atoms with Crippen LogP contribution < -0.4 is 5.32 Å². The summed E-state index contributed by atoms with van der Waals surface area (Å²) in [5.41, 5.74) is 3.56. The van der Waals surface area contributed by atoms with Gasteiger partial charge in [0.1, 0.15) is 0 Å². The molecule has 5 heteroatoms. The number of pyridine rings is 1. The number of hydrogen-bond acceptors (Lipinski definition) is 3. The number of rotatable bonds is 6. The van der Waals surface area contributed by atoms with Crippen LogP contribution in [-0.2, 0) is 30.8 Å². The number of carbonyl (C=O) groups excluding carboxylic acids is 1. The Balaban J connectivity index is 1.41. The predicted molar refractivity (Wildman–Crippen MR) is 105 cm³/mol. The van der Waals surface area contributed by atoms with Crippen molar-refractivity contribution in [2.45, 2.75) is 32.1 Å². The highest BCUT2D eigenvalue weighted by atomic mass is 16.1. The topological polar surface area (TPSA) is 50.2 Å². The first-order valence-electron chi connectivity index (χ1n) is 9.35. The summed E-state index contributed by atoms with van der Waals surface area (Å²) in [6.07, 6.45) is 5.96. The van der Waals surface area contributed by atoms with E-state index in [0.29, 0.717) is 13.0 Å². The minimum absolute atomic E-state index is 0.0426. The first-order chi connectivity index (χ1) is 13.3. The molecule has 0 spiro atoms. The van der Waals surface area contributed by atoms with Gasteiger partial charge in [-0.25, -0.2) is 0 Å². The third kappa shape index (κ3) is 4.44. The van der Waals surface area contributed by atoms with E-state index in [1.54, 1.807) is 12.4 Å². The summed E-state index contributed by atoms with van der Waals surface area (Å²) < 4.78 is 2.29. The second-order valence-corrected chi connectivity index (χ2v) is 7.04. The van der Waals surface area contributed by atoms with Crippen molar-refractivity contribution in [3.8, 4) is 0 Å². The van der Waals surface area contributed by atoms with Crippen LogP contribution in [0.4, 0.5) is 0 Å². The highest BCUT2D eigenvalue weighted by Gasteiger charge is 2.26. The van der Waals surface area contributed by atoms with Crippen molar-refractivity contribution in [1.82, 2.24) is 19.8 Å². The van der Waals surface area contributed by atoms with Crippen LogP contribution in [0.25, 0.3) is 0 Å². The van der Waals surface area contributed by atoms with Crippen molar-refractivity contribution >= 4 is 5.91 Å². The van der Waals surface area contributed by atoms with Gasteiger partial charge < -0.3 is 9.88 Å². The molecule has 0 radical (unpaired) electrons. The molecule has 0 bridgehead atoms. The Kier molecular flexibility index (Phi) is 5.30. The van der Waals surface area contributed by atoms with Crippen LogP contribution in [0, 0.1) is 0 Å². The summed E-state index contributed by atoms with van der Waals surface area (Å²) in [5, 5.41) is 3.12. The van der Waals surface area contributed by atoms with Crippen LogP contribution in [-0.4, -0.2) is 32.9 Å². The number of aromatic nitrogens is 2. The van der Waals surface area contributed by atoms with Gasteiger partial charge in [-0.15, -0.1) is 0 Å². The van der Waals surface area contributed by atoms with E-state index in [0.717, 1.165) is 25.2 Å². The fraction of sp³-hybridized carbons (Fsp3) is 0.273. The smallest absolute Gasteiger partial charge is 0.224 e. The van der Waals surface area contributed by atoms with Crippen LogP contribution in [0.1, 0.15) is 16.8 Å². The number of benzene rings is 1. The molecule has 1 amide bonds. The largest absolute Gasteiger partial charge is 0.354 e. The number of hydrogen-bond donors (Lipinski definition) is 1. The maximum atomic E-state index is 12.4. The van der Waals surface area contributed by atoms with Gasteiger partial charge in [0.05, 0.1) is 6.42 Å². The van der Waals surface area contributed by atoms with Crippen LogP contribution in [0.2, 0.25) is 0 Å². The van der Waals surface area contributed by atoms with Crippen molar-refractivity contribution in [3.05, 3.63) is 90.0 Å². The van der Waals surface area contributed by atoms with Gasteiger partial charge >= 0.3 is 0 Å². The third-order valence-corrected chi connectivity index (χ3v) is 5.06. The number of nitrogens with zero attached hydrogens (tertiary/aromatic N) is 3. The van der Waals surface area contributed by atoms with Gasteiger partial charge in [0, 0.05) is 56.5 Å². The summed E-state index contributed by atoms with van der Waals surface area (Å²) in [4.78, 5) is 18.9. The fourth-order valence-corrected chi connectivity index (χ4v) is 3.63. The van der Waals surface area contributed by atoms with Crippen LogP contribution in [0.5, 0.6) is 0 Å². The lowest BCUT2D eigenvalue weighted by molar-refractivity contribution is -0.120. The fourth-order valence-electron chi connectivity index (χ4n) is 3.63. The second kappa shape index (κ2) is 8.18. The molecule has 0 saturated heterocycles. The Bertz CT molecular complexity index is 876. The van der Waals surface area contributed by atoms with Gasteiger partial charge in [-0.1, -0.05) is 36.4 Å². The molecule has 4 rings (SSSR count). The second-order valence-electron chi connectivity index (χ2n) is 7.04. The molecule has 5 nitrogen and oxygen atoms in total. The lowest BCUT2D eigenvalue weighted by atomic mass is 10.1. The zero-order valence-electron chi connectivity index (χ0n) is 15.3. The first kappa shape index (κ1) is 17.5. The number of fused-ring (bicyclic) bond motifs is 1. The molecular weight excluding hydrogens is 336 g/mol. The van der Waals surface area contributed by atoms with E-state index >= 15 is 0 Å². The minimum Gasteiger partial charge on any atom is -0.354 e. The van der Waals surface area contributed by atoms with E-state index in [-0.39, 0.29) is 11.9 Å². The Morgan fingerprint density at radius 1 is 1.07 bits per heavy atom. The SMILES string of the molecule is O=C(Cc1cccnc1)NCC1Cn2cccc2CN1Cc1ccccc1. The maximum Gasteiger partial charge on any atom is 0.224 e. The normalized spacial score (nSPS) is 16.7. The first-order valence-corrected chi connectivity index (χ1v) is 9.35. The van der Waals surface area contributed by atoms with Gasteiger partial charge in [-0.2, -0.15) is 0 Å². The Morgan fingerprint density at radius 2 is 1.93 bits per heavy atom. The lowest BCUT2D eigenvalue weighted by Crippen LogP contribution is -2.48. The standard InChI is InChI=1S/C22H24N4O/c27-22(12-19-8-4-10-23-13-19)24-14-21-17-25-11-5-9-20(25)16-26(21)15-18-6-2-1-3-7-18/h1-11,13,21H,12,14-17H2,(H,24,27). The van der Waals surface area contributed by atoms with Gasteiger partial charge in [-0.3, -0.25) is 14.7 Å². The third-order valence-electron chi connectivity index (χ3n) is 5.06. The van der Waals surface area contributed by atoms with E-state index in [2.05, 4.69) is 62.4 Å². The molecule has 138 valence electrons. The average Bonchev–Trinajstić information content (AvgIpc) is 3.15. The van der Waals surface area contributed by atoms with Gasteiger partial charge in [0.15, 0.2) is 0 Å². The zero-order chi connectivity index (χ0) is 18.5. The van der Waals surface area contributed by atoms with Gasteiger partial charge in [-0.05, 0) is 29.3 Å². The van der Waals surface area contributed by atoms with Crippen molar-refractivity contribution < 1.29 is 4.79 Å². The molecule has 0 aliphatic carbocycles. The van der Waals surface area contributed by atoms with Crippen molar-refractivity contribution in [1.29, 1.82) is 0 Å². The molecule has 1 aliphatic rings. The van der Waals surface area contributed by atoms with Crippen molar-refractivity contribution in [2.24, 2.45) is 0 Å². The molecule has 1 unspecified atom stereocenters. The molecule has 3 heterocycles. The highest BCUT2D eigenvalue weighted by molar-refractivity contribution is 5.78.